The number of hydrazone groups is 1. The molecule has 0 saturated carbocycles. The van der Waals surface area contributed by atoms with Crippen molar-refractivity contribution >= 4 is 23.6 Å². The third kappa shape index (κ3) is 6.30. The standard InChI is InChI=1S/C25H21ClN4O2/c26-24-13-14-25(30-28-24)29-27-16-21-11-12-22(31-17-19-7-3-1-4-8-19)23(15-21)32-18-20-9-5-2-6-10-20/h1-16H,17-18H2,(H,29,30)/b27-16+. The van der Waals surface area contributed by atoms with E-state index in [2.05, 4.69) is 20.7 Å². The lowest BCUT2D eigenvalue weighted by Gasteiger charge is -2.14. The summed E-state index contributed by atoms with van der Waals surface area (Å²) in [7, 11) is 0. The van der Waals surface area contributed by atoms with Crippen molar-refractivity contribution < 1.29 is 9.47 Å². The maximum absolute atomic E-state index is 6.09. The fraction of sp³-hybridized carbons (Fsp3) is 0.0800. The van der Waals surface area contributed by atoms with Gasteiger partial charge in [-0.1, -0.05) is 72.3 Å². The van der Waals surface area contributed by atoms with Crippen LogP contribution in [0.15, 0.2) is 96.1 Å². The molecule has 0 aliphatic rings. The van der Waals surface area contributed by atoms with Gasteiger partial charge in [-0.15, -0.1) is 10.2 Å². The van der Waals surface area contributed by atoms with Crippen molar-refractivity contribution in [2.45, 2.75) is 13.2 Å². The fourth-order valence-corrected chi connectivity index (χ4v) is 2.96. The van der Waals surface area contributed by atoms with E-state index in [1.165, 1.54) is 0 Å². The first-order chi connectivity index (χ1) is 15.8. The lowest BCUT2D eigenvalue weighted by molar-refractivity contribution is 0.256. The minimum absolute atomic E-state index is 0.325. The van der Waals surface area contributed by atoms with Crippen molar-refractivity contribution in [2.24, 2.45) is 5.10 Å². The minimum Gasteiger partial charge on any atom is -0.485 e. The number of benzene rings is 3. The van der Waals surface area contributed by atoms with E-state index in [0.717, 1.165) is 16.7 Å². The molecule has 0 aliphatic carbocycles. The molecule has 0 atom stereocenters. The summed E-state index contributed by atoms with van der Waals surface area (Å²) in [4.78, 5) is 0. The first-order valence-electron chi connectivity index (χ1n) is 10.0. The first-order valence-corrected chi connectivity index (χ1v) is 10.4. The molecule has 32 heavy (non-hydrogen) atoms. The zero-order valence-corrected chi connectivity index (χ0v) is 17.9. The van der Waals surface area contributed by atoms with Gasteiger partial charge in [0.2, 0.25) is 0 Å². The zero-order valence-electron chi connectivity index (χ0n) is 17.2. The highest BCUT2D eigenvalue weighted by Gasteiger charge is 2.08. The van der Waals surface area contributed by atoms with Crippen LogP contribution in [0.5, 0.6) is 11.5 Å². The summed E-state index contributed by atoms with van der Waals surface area (Å²) in [5.41, 5.74) is 5.82. The number of hydrogen-bond acceptors (Lipinski definition) is 6. The molecule has 0 amide bonds. The van der Waals surface area contributed by atoms with Crippen molar-refractivity contribution in [3.05, 3.63) is 113 Å². The maximum atomic E-state index is 6.09. The molecule has 3 aromatic carbocycles. The summed E-state index contributed by atoms with van der Waals surface area (Å²) >= 11 is 5.75. The van der Waals surface area contributed by atoms with Crippen LogP contribution in [0, 0.1) is 0 Å². The Kier molecular flexibility index (Phi) is 7.29. The second kappa shape index (κ2) is 10.9. The molecule has 1 aromatic heterocycles. The third-order valence-corrected chi connectivity index (χ3v) is 4.67. The van der Waals surface area contributed by atoms with E-state index in [-0.39, 0.29) is 0 Å². The molecule has 160 valence electrons. The number of ether oxygens (including phenoxy) is 2. The van der Waals surface area contributed by atoms with Gasteiger partial charge in [-0.2, -0.15) is 5.10 Å². The number of anilines is 1. The van der Waals surface area contributed by atoms with Crippen LogP contribution in [-0.2, 0) is 13.2 Å². The molecule has 1 heterocycles. The predicted octanol–water partition coefficient (Wildman–Crippen LogP) is 5.73. The lowest BCUT2D eigenvalue weighted by Crippen LogP contribution is -2.01. The fourth-order valence-electron chi connectivity index (χ4n) is 2.86. The van der Waals surface area contributed by atoms with Crippen LogP contribution in [0.25, 0.3) is 0 Å². The summed E-state index contributed by atoms with van der Waals surface area (Å²) in [6.07, 6.45) is 1.67. The first kappa shape index (κ1) is 21.3. The second-order valence-corrected chi connectivity index (χ2v) is 7.25. The SMILES string of the molecule is Clc1ccc(N/N=C/c2ccc(OCc3ccccc3)c(OCc3ccccc3)c2)nn1. The van der Waals surface area contributed by atoms with Crippen molar-refractivity contribution in [2.75, 3.05) is 5.43 Å². The molecule has 7 heteroatoms. The van der Waals surface area contributed by atoms with Crippen LogP contribution in [0.3, 0.4) is 0 Å². The molecule has 4 rings (SSSR count). The highest BCUT2D eigenvalue weighted by atomic mass is 35.5. The van der Waals surface area contributed by atoms with Gasteiger partial charge in [0.15, 0.2) is 22.5 Å². The van der Waals surface area contributed by atoms with Crippen LogP contribution >= 0.6 is 11.6 Å². The monoisotopic (exact) mass is 444 g/mol. The predicted molar refractivity (Wildman–Crippen MR) is 126 cm³/mol. The normalized spacial score (nSPS) is 10.8. The molecule has 0 fully saturated rings. The summed E-state index contributed by atoms with van der Waals surface area (Å²) in [6, 6.07) is 29.0. The van der Waals surface area contributed by atoms with Crippen molar-refractivity contribution in [3.8, 4) is 11.5 Å². The van der Waals surface area contributed by atoms with Gasteiger partial charge < -0.3 is 9.47 Å². The smallest absolute Gasteiger partial charge is 0.168 e. The Morgan fingerprint density at radius 1 is 0.750 bits per heavy atom. The van der Waals surface area contributed by atoms with Crippen LogP contribution in [0.1, 0.15) is 16.7 Å². The molecule has 0 bridgehead atoms. The molecule has 0 spiro atoms. The molecule has 6 nitrogen and oxygen atoms in total. The molecular formula is C25H21ClN4O2. The minimum atomic E-state index is 0.325. The van der Waals surface area contributed by atoms with Crippen LogP contribution in [0.4, 0.5) is 5.82 Å². The van der Waals surface area contributed by atoms with E-state index in [1.807, 2.05) is 78.9 Å². The largest absolute Gasteiger partial charge is 0.485 e. The number of rotatable bonds is 9. The van der Waals surface area contributed by atoms with Crippen molar-refractivity contribution in [1.82, 2.24) is 10.2 Å². The average Bonchev–Trinajstić information content (AvgIpc) is 2.84. The molecular weight excluding hydrogens is 424 g/mol. The van der Waals surface area contributed by atoms with E-state index in [4.69, 9.17) is 21.1 Å². The Morgan fingerprint density at radius 3 is 2.03 bits per heavy atom. The van der Waals surface area contributed by atoms with Crippen LogP contribution in [-0.4, -0.2) is 16.4 Å². The van der Waals surface area contributed by atoms with Gasteiger partial charge in [0.1, 0.15) is 13.2 Å². The summed E-state index contributed by atoms with van der Waals surface area (Å²) in [5, 5.41) is 12.2. The molecule has 0 saturated heterocycles. The van der Waals surface area contributed by atoms with E-state index >= 15 is 0 Å². The van der Waals surface area contributed by atoms with Crippen LogP contribution in [0.2, 0.25) is 5.15 Å². The molecule has 0 aliphatic heterocycles. The third-order valence-electron chi connectivity index (χ3n) is 4.47. The highest BCUT2D eigenvalue weighted by Crippen LogP contribution is 2.29. The maximum Gasteiger partial charge on any atom is 0.168 e. The van der Waals surface area contributed by atoms with Gasteiger partial charge in [-0.25, -0.2) is 0 Å². The Morgan fingerprint density at radius 2 is 1.41 bits per heavy atom. The van der Waals surface area contributed by atoms with Gasteiger partial charge in [0, 0.05) is 0 Å². The Hall–Kier alpha value is -3.90. The average molecular weight is 445 g/mol. The number of halogens is 1. The number of nitrogens with one attached hydrogen (secondary N) is 1. The zero-order chi connectivity index (χ0) is 22.0. The molecule has 4 aromatic rings. The Balaban J connectivity index is 1.48. The summed E-state index contributed by atoms with van der Waals surface area (Å²) < 4.78 is 12.1. The van der Waals surface area contributed by atoms with Gasteiger partial charge in [0.25, 0.3) is 0 Å². The molecule has 1 N–H and O–H groups in total. The van der Waals surface area contributed by atoms with Crippen LogP contribution < -0.4 is 14.9 Å². The Labute approximate surface area is 191 Å². The summed E-state index contributed by atoms with van der Waals surface area (Å²) in [6.45, 7) is 0.883. The topological polar surface area (TPSA) is 68.6 Å². The second-order valence-electron chi connectivity index (χ2n) is 6.87. The van der Waals surface area contributed by atoms with Gasteiger partial charge >= 0.3 is 0 Å². The van der Waals surface area contributed by atoms with E-state index in [9.17, 15) is 0 Å². The van der Waals surface area contributed by atoms with E-state index in [1.54, 1.807) is 18.3 Å². The van der Waals surface area contributed by atoms with Crippen molar-refractivity contribution in [3.63, 3.8) is 0 Å². The van der Waals surface area contributed by atoms with E-state index in [0.29, 0.717) is 35.7 Å². The quantitative estimate of drug-likeness (QED) is 0.263. The van der Waals surface area contributed by atoms with Gasteiger partial charge in [-0.05, 0) is 47.0 Å². The van der Waals surface area contributed by atoms with E-state index < -0.39 is 0 Å². The highest BCUT2D eigenvalue weighted by molar-refractivity contribution is 6.29. The number of hydrogen-bond donors (Lipinski definition) is 1. The molecule has 0 unspecified atom stereocenters. The molecule has 0 radical (unpaired) electrons. The van der Waals surface area contributed by atoms with Gasteiger partial charge in [-0.3, -0.25) is 5.43 Å². The Bertz CT molecular complexity index is 1150. The van der Waals surface area contributed by atoms with Crippen molar-refractivity contribution in [1.29, 1.82) is 0 Å². The lowest BCUT2D eigenvalue weighted by atomic mass is 10.2. The summed E-state index contributed by atoms with van der Waals surface area (Å²) in [5.74, 6) is 1.80. The number of aromatic nitrogens is 2. The number of nitrogens with zero attached hydrogens (tertiary/aromatic N) is 3. The van der Waals surface area contributed by atoms with Gasteiger partial charge in [0.05, 0.1) is 6.21 Å².